The summed E-state index contributed by atoms with van der Waals surface area (Å²) in [7, 11) is 0. The number of rotatable bonds is 7. The Kier molecular flexibility index (Phi) is 6.23. The van der Waals surface area contributed by atoms with Crippen molar-refractivity contribution in [3.8, 4) is 0 Å². The summed E-state index contributed by atoms with van der Waals surface area (Å²) >= 11 is 0. The monoisotopic (exact) mass is 175 g/mol. The third kappa shape index (κ3) is 4.63. The van der Waals surface area contributed by atoms with Crippen molar-refractivity contribution in [3.63, 3.8) is 0 Å². The molecule has 0 aliphatic heterocycles. The first-order valence-corrected chi connectivity index (χ1v) is 4.38. The van der Waals surface area contributed by atoms with Crippen molar-refractivity contribution in [2.45, 2.75) is 38.3 Å². The number of hydrazine groups is 2. The van der Waals surface area contributed by atoms with Crippen LogP contribution in [0.4, 0.5) is 0 Å². The molecule has 0 rings (SSSR count). The smallest absolute Gasteiger partial charge is 0.0802 e. The Labute approximate surface area is 74.0 Å². The standard InChI is InChI=1S/C7H21N5/c1-2-3-4-7(8,12-10)5-6-11-9/h11-12H,2-6,8-10H2,1H3. The average molecular weight is 175 g/mol. The molecule has 5 heteroatoms. The highest BCUT2D eigenvalue weighted by Crippen LogP contribution is 2.10. The fraction of sp³-hybridized carbons (Fsp3) is 1.00. The Morgan fingerprint density at radius 3 is 2.33 bits per heavy atom. The van der Waals surface area contributed by atoms with Crippen LogP contribution in [0.25, 0.3) is 0 Å². The van der Waals surface area contributed by atoms with E-state index >= 15 is 0 Å². The number of nitrogens with two attached hydrogens (primary N) is 3. The number of hydrogen-bond acceptors (Lipinski definition) is 5. The predicted molar refractivity (Wildman–Crippen MR) is 50.6 cm³/mol. The molecule has 12 heavy (non-hydrogen) atoms. The molecule has 0 spiro atoms. The average Bonchev–Trinajstić information content (AvgIpc) is 2.11. The molecule has 0 aliphatic carbocycles. The molecule has 0 aliphatic rings. The molecule has 5 nitrogen and oxygen atoms in total. The van der Waals surface area contributed by atoms with Gasteiger partial charge in [-0.2, -0.15) is 0 Å². The normalized spacial score (nSPS) is 16.0. The summed E-state index contributed by atoms with van der Waals surface area (Å²) in [6.07, 6.45) is 3.81. The van der Waals surface area contributed by atoms with E-state index in [-0.39, 0.29) is 0 Å². The third-order valence-corrected chi connectivity index (χ3v) is 1.98. The van der Waals surface area contributed by atoms with Crippen LogP contribution in [-0.4, -0.2) is 12.2 Å². The second-order valence-electron chi connectivity index (χ2n) is 3.11. The van der Waals surface area contributed by atoms with Gasteiger partial charge in [-0.15, -0.1) is 0 Å². The van der Waals surface area contributed by atoms with Gasteiger partial charge in [0.1, 0.15) is 0 Å². The van der Waals surface area contributed by atoms with E-state index in [1.165, 1.54) is 0 Å². The lowest BCUT2D eigenvalue weighted by molar-refractivity contribution is 0.283. The summed E-state index contributed by atoms with van der Waals surface area (Å²) in [6.45, 7) is 2.79. The van der Waals surface area contributed by atoms with E-state index in [0.717, 1.165) is 25.7 Å². The van der Waals surface area contributed by atoms with E-state index in [0.29, 0.717) is 6.54 Å². The van der Waals surface area contributed by atoms with Crippen LogP contribution in [0.2, 0.25) is 0 Å². The van der Waals surface area contributed by atoms with Gasteiger partial charge in [0.25, 0.3) is 0 Å². The number of hydrogen-bond donors (Lipinski definition) is 5. The first-order chi connectivity index (χ1) is 5.68. The number of unbranched alkanes of at least 4 members (excludes halogenated alkanes) is 1. The Balaban J connectivity index is 3.70. The lowest BCUT2D eigenvalue weighted by Gasteiger charge is -2.28. The predicted octanol–water partition coefficient (Wildman–Crippen LogP) is -0.852. The van der Waals surface area contributed by atoms with Gasteiger partial charge >= 0.3 is 0 Å². The number of nitrogens with one attached hydrogen (secondary N) is 2. The maximum absolute atomic E-state index is 5.94. The van der Waals surface area contributed by atoms with E-state index < -0.39 is 5.66 Å². The molecular formula is C7H21N5. The second kappa shape index (κ2) is 6.33. The Bertz CT molecular complexity index is 98.0. The van der Waals surface area contributed by atoms with Crippen molar-refractivity contribution < 1.29 is 0 Å². The van der Waals surface area contributed by atoms with E-state index in [4.69, 9.17) is 17.4 Å². The fourth-order valence-corrected chi connectivity index (χ4v) is 1.06. The van der Waals surface area contributed by atoms with Crippen molar-refractivity contribution in [1.29, 1.82) is 0 Å². The quantitative estimate of drug-likeness (QED) is 0.197. The largest absolute Gasteiger partial charge is 0.312 e. The topological polar surface area (TPSA) is 102 Å². The van der Waals surface area contributed by atoms with Gasteiger partial charge in [0.15, 0.2) is 0 Å². The molecule has 0 radical (unpaired) electrons. The van der Waals surface area contributed by atoms with Crippen LogP contribution in [0, 0.1) is 0 Å². The van der Waals surface area contributed by atoms with Crippen LogP contribution < -0.4 is 28.3 Å². The first kappa shape index (κ1) is 11.8. The SMILES string of the molecule is CCCCC(N)(CCNN)NN. The van der Waals surface area contributed by atoms with E-state index in [9.17, 15) is 0 Å². The minimum Gasteiger partial charge on any atom is -0.312 e. The molecule has 0 fully saturated rings. The highest BCUT2D eigenvalue weighted by molar-refractivity contribution is 4.78. The molecule has 8 N–H and O–H groups in total. The Morgan fingerprint density at radius 2 is 1.92 bits per heavy atom. The molecule has 0 aromatic rings. The van der Waals surface area contributed by atoms with Gasteiger partial charge in [0.2, 0.25) is 0 Å². The van der Waals surface area contributed by atoms with Crippen LogP contribution in [-0.2, 0) is 0 Å². The van der Waals surface area contributed by atoms with Gasteiger partial charge in [-0.05, 0) is 12.8 Å². The van der Waals surface area contributed by atoms with Crippen LogP contribution in [0.15, 0.2) is 0 Å². The van der Waals surface area contributed by atoms with Crippen molar-refractivity contribution in [1.82, 2.24) is 10.9 Å². The molecule has 0 amide bonds. The molecular weight excluding hydrogens is 154 g/mol. The zero-order chi connectivity index (χ0) is 9.45. The van der Waals surface area contributed by atoms with Crippen molar-refractivity contribution in [3.05, 3.63) is 0 Å². The van der Waals surface area contributed by atoms with Gasteiger partial charge in [-0.3, -0.25) is 17.1 Å². The molecule has 74 valence electrons. The zero-order valence-electron chi connectivity index (χ0n) is 7.77. The molecule has 1 atom stereocenters. The van der Waals surface area contributed by atoms with Crippen LogP contribution in [0.3, 0.4) is 0 Å². The van der Waals surface area contributed by atoms with E-state index in [2.05, 4.69) is 17.8 Å². The lowest BCUT2D eigenvalue weighted by Crippen LogP contribution is -2.58. The summed E-state index contributed by atoms with van der Waals surface area (Å²) in [5.74, 6) is 10.5. The van der Waals surface area contributed by atoms with Gasteiger partial charge in [0.05, 0.1) is 5.66 Å². The Hall–Kier alpha value is -0.200. The van der Waals surface area contributed by atoms with E-state index in [1.807, 2.05) is 0 Å². The molecule has 0 aromatic carbocycles. The summed E-state index contributed by atoms with van der Waals surface area (Å²) in [5.41, 5.74) is 10.7. The summed E-state index contributed by atoms with van der Waals surface area (Å²) in [4.78, 5) is 0. The minimum atomic E-state index is -0.470. The van der Waals surface area contributed by atoms with Gasteiger partial charge in [-0.1, -0.05) is 19.8 Å². The maximum Gasteiger partial charge on any atom is 0.0802 e. The molecule has 0 bridgehead atoms. The van der Waals surface area contributed by atoms with Crippen molar-refractivity contribution in [2.75, 3.05) is 6.54 Å². The van der Waals surface area contributed by atoms with Crippen molar-refractivity contribution >= 4 is 0 Å². The summed E-state index contributed by atoms with van der Waals surface area (Å²) in [5, 5.41) is 0. The summed E-state index contributed by atoms with van der Waals surface area (Å²) < 4.78 is 0. The van der Waals surface area contributed by atoms with Gasteiger partial charge < -0.3 is 5.73 Å². The van der Waals surface area contributed by atoms with Gasteiger partial charge in [-0.25, -0.2) is 5.43 Å². The second-order valence-corrected chi connectivity index (χ2v) is 3.11. The fourth-order valence-electron chi connectivity index (χ4n) is 1.06. The maximum atomic E-state index is 5.94. The zero-order valence-corrected chi connectivity index (χ0v) is 7.77. The molecule has 0 heterocycles. The van der Waals surface area contributed by atoms with E-state index in [1.54, 1.807) is 0 Å². The molecule has 1 unspecified atom stereocenters. The first-order valence-electron chi connectivity index (χ1n) is 4.38. The van der Waals surface area contributed by atoms with Crippen LogP contribution >= 0.6 is 0 Å². The van der Waals surface area contributed by atoms with Gasteiger partial charge in [0, 0.05) is 6.54 Å². The minimum absolute atomic E-state index is 0.470. The van der Waals surface area contributed by atoms with Crippen LogP contribution in [0.5, 0.6) is 0 Å². The molecule has 0 saturated carbocycles. The summed E-state index contributed by atoms with van der Waals surface area (Å²) in [6, 6.07) is 0. The Morgan fingerprint density at radius 1 is 1.25 bits per heavy atom. The third-order valence-electron chi connectivity index (χ3n) is 1.98. The van der Waals surface area contributed by atoms with Crippen molar-refractivity contribution in [2.24, 2.45) is 17.4 Å². The molecule has 0 aromatic heterocycles. The highest BCUT2D eigenvalue weighted by atomic mass is 15.3. The highest BCUT2D eigenvalue weighted by Gasteiger charge is 2.21. The molecule has 0 saturated heterocycles. The lowest BCUT2D eigenvalue weighted by atomic mass is 10.0. The van der Waals surface area contributed by atoms with Crippen LogP contribution in [0.1, 0.15) is 32.6 Å².